The fourth-order valence-corrected chi connectivity index (χ4v) is 3.37. The van der Waals surface area contributed by atoms with Gasteiger partial charge in [0.1, 0.15) is 0 Å². The summed E-state index contributed by atoms with van der Waals surface area (Å²) in [5.74, 6) is 0. The highest BCUT2D eigenvalue weighted by Crippen LogP contribution is 2.28. The van der Waals surface area contributed by atoms with Crippen LogP contribution in [0.4, 0.5) is 4.79 Å². The third-order valence-corrected chi connectivity index (χ3v) is 4.68. The summed E-state index contributed by atoms with van der Waals surface area (Å²) in [7, 11) is 0. The Labute approximate surface area is 132 Å². The van der Waals surface area contributed by atoms with Crippen molar-refractivity contribution in [3.63, 3.8) is 0 Å². The van der Waals surface area contributed by atoms with E-state index in [-0.39, 0.29) is 18.2 Å². The third-order valence-electron chi connectivity index (χ3n) is 4.68. The maximum absolute atomic E-state index is 12.4. The molecule has 4 nitrogen and oxygen atoms in total. The molecule has 22 heavy (non-hydrogen) atoms. The van der Waals surface area contributed by atoms with Gasteiger partial charge < -0.3 is 15.0 Å². The number of benzene rings is 1. The molecule has 1 aromatic carbocycles. The van der Waals surface area contributed by atoms with E-state index >= 15 is 0 Å². The Bertz CT molecular complexity index is 469. The van der Waals surface area contributed by atoms with Gasteiger partial charge in [-0.3, -0.25) is 0 Å². The topological polar surface area (TPSA) is 41.6 Å². The van der Waals surface area contributed by atoms with Gasteiger partial charge in [-0.1, -0.05) is 43.2 Å². The molecular formula is C18H26N2O2. The van der Waals surface area contributed by atoms with Crippen molar-refractivity contribution in [3.8, 4) is 0 Å². The number of amides is 2. The smallest absolute Gasteiger partial charge is 0.317 e. The standard InChI is InChI=1S/C18H26N2O2/c21-18(20-11-6-1-2-7-12-20)19-16-10-13-22-17(14-16)15-8-4-3-5-9-15/h3-5,8-9,16-17H,1-2,6-7,10-14H2,(H,19,21)/t16-,17-/m1/s1. The molecule has 2 atom stereocenters. The molecule has 0 aliphatic carbocycles. The second kappa shape index (κ2) is 7.63. The Morgan fingerprint density at radius 3 is 2.55 bits per heavy atom. The first-order valence-electron chi connectivity index (χ1n) is 8.55. The van der Waals surface area contributed by atoms with E-state index in [0.717, 1.165) is 38.8 Å². The van der Waals surface area contributed by atoms with Crippen molar-refractivity contribution in [2.75, 3.05) is 19.7 Å². The van der Waals surface area contributed by atoms with Crippen LogP contribution in [0, 0.1) is 0 Å². The monoisotopic (exact) mass is 302 g/mol. The lowest BCUT2D eigenvalue weighted by atomic mass is 9.97. The molecule has 0 bridgehead atoms. The van der Waals surface area contributed by atoms with E-state index in [1.54, 1.807) is 0 Å². The summed E-state index contributed by atoms with van der Waals surface area (Å²) in [6.07, 6.45) is 6.63. The molecule has 2 amide bonds. The Morgan fingerprint density at radius 2 is 1.82 bits per heavy atom. The van der Waals surface area contributed by atoms with Crippen molar-refractivity contribution in [1.82, 2.24) is 10.2 Å². The summed E-state index contributed by atoms with van der Waals surface area (Å²) >= 11 is 0. The van der Waals surface area contributed by atoms with Crippen molar-refractivity contribution < 1.29 is 9.53 Å². The summed E-state index contributed by atoms with van der Waals surface area (Å²) in [5, 5.41) is 3.22. The Morgan fingerprint density at radius 1 is 1.09 bits per heavy atom. The van der Waals surface area contributed by atoms with Gasteiger partial charge in [0.25, 0.3) is 0 Å². The largest absolute Gasteiger partial charge is 0.373 e. The van der Waals surface area contributed by atoms with Crippen molar-refractivity contribution in [2.45, 2.75) is 50.7 Å². The quantitative estimate of drug-likeness (QED) is 0.908. The van der Waals surface area contributed by atoms with Gasteiger partial charge in [0.15, 0.2) is 0 Å². The number of nitrogens with one attached hydrogen (secondary N) is 1. The van der Waals surface area contributed by atoms with Crippen LogP contribution in [0.3, 0.4) is 0 Å². The number of likely N-dealkylation sites (tertiary alicyclic amines) is 1. The predicted molar refractivity (Wildman–Crippen MR) is 86.7 cm³/mol. The molecule has 0 radical (unpaired) electrons. The second-order valence-corrected chi connectivity index (χ2v) is 6.34. The highest BCUT2D eigenvalue weighted by molar-refractivity contribution is 5.74. The molecule has 0 saturated carbocycles. The molecule has 0 aromatic heterocycles. The number of ether oxygens (including phenoxy) is 1. The molecule has 2 heterocycles. The summed E-state index contributed by atoms with van der Waals surface area (Å²) in [6, 6.07) is 10.6. The lowest BCUT2D eigenvalue weighted by Crippen LogP contribution is -2.47. The van der Waals surface area contributed by atoms with E-state index in [1.807, 2.05) is 23.1 Å². The van der Waals surface area contributed by atoms with E-state index in [1.165, 1.54) is 18.4 Å². The van der Waals surface area contributed by atoms with Crippen molar-refractivity contribution in [1.29, 1.82) is 0 Å². The van der Waals surface area contributed by atoms with Crippen molar-refractivity contribution >= 4 is 6.03 Å². The molecule has 120 valence electrons. The number of hydrogen-bond acceptors (Lipinski definition) is 2. The first-order valence-corrected chi connectivity index (χ1v) is 8.55. The average Bonchev–Trinajstić information content (AvgIpc) is 2.85. The van der Waals surface area contributed by atoms with Crippen LogP contribution in [0.25, 0.3) is 0 Å². The molecule has 0 spiro atoms. The Kier molecular flexibility index (Phi) is 5.33. The van der Waals surface area contributed by atoms with Gasteiger partial charge in [-0.2, -0.15) is 0 Å². The highest BCUT2D eigenvalue weighted by atomic mass is 16.5. The fraction of sp³-hybridized carbons (Fsp3) is 0.611. The van der Waals surface area contributed by atoms with Gasteiger partial charge in [-0.15, -0.1) is 0 Å². The summed E-state index contributed by atoms with van der Waals surface area (Å²) in [4.78, 5) is 14.4. The highest BCUT2D eigenvalue weighted by Gasteiger charge is 2.26. The van der Waals surface area contributed by atoms with Crippen LogP contribution in [0.15, 0.2) is 30.3 Å². The zero-order valence-electron chi connectivity index (χ0n) is 13.2. The second-order valence-electron chi connectivity index (χ2n) is 6.34. The zero-order chi connectivity index (χ0) is 15.2. The lowest BCUT2D eigenvalue weighted by Gasteiger charge is -2.32. The van der Waals surface area contributed by atoms with Gasteiger partial charge in [0.2, 0.25) is 0 Å². The Balaban J connectivity index is 1.54. The van der Waals surface area contributed by atoms with Gasteiger partial charge >= 0.3 is 6.03 Å². The number of nitrogens with zero attached hydrogens (tertiary/aromatic N) is 1. The normalized spacial score (nSPS) is 26.3. The fourth-order valence-electron chi connectivity index (χ4n) is 3.37. The summed E-state index contributed by atoms with van der Waals surface area (Å²) in [6.45, 7) is 2.51. The number of hydrogen-bond donors (Lipinski definition) is 1. The van der Waals surface area contributed by atoms with Crippen molar-refractivity contribution in [2.24, 2.45) is 0 Å². The zero-order valence-corrected chi connectivity index (χ0v) is 13.2. The summed E-state index contributed by atoms with van der Waals surface area (Å²) < 4.78 is 5.88. The lowest BCUT2D eigenvalue weighted by molar-refractivity contribution is 0.00150. The van der Waals surface area contributed by atoms with E-state index in [0.29, 0.717) is 6.61 Å². The maximum atomic E-state index is 12.4. The van der Waals surface area contributed by atoms with Crippen LogP contribution in [0.5, 0.6) is 0 Å². The molecule has 2 aliphatic heterocycles. The number of carbonyl (C=O) groups excluding carboxylic acids is 1. The number of rotatable bonds is 2. The molecule has 2 fully saturated rings. The minimum Gasteiger partial charge on any atom is -0.373 e. The van der Waals surface area contributed by atoms with Gasteiger partial charge in [-0.05, 0) is 31.2 Å². The minimum absolute atomic E-state index is 0.101. The minimum atomic E-state index is 0.101. The SMILES string of the molecule is O=C(N[C@@H]1CCO[C@@H](c2ccccc2)C1)N1CCCCCC1. The first-order chi connectivity index (χ1) is 10.8. The molecule has 0 unspecified atom stereocenters. The van der Waals surface area contributed by atoms with Crippen LogP contribution in [0.2, 0.25) is 0 Å². The van der Waals surface area contributed by atoms with Gasteiger partial charge in [0, 0.05) is 25.7 Å². The van der Waals surface area contributed by atoms with Crippen molar-refractivity contribution in [3.05, 3.63) is 35.9 Å². The van der Waals surface area contributed by atoms with Crippen LogP contribution >= 0.6 is 0 Å². The third kappa shape index (κ3) is 4.01. The maximum Gasteiger partial charge on any atom is 0.317 e. The van der Waals surface area contributed by atoms with E-state index < -0.39 is 0 Å². The molecule has 1 aromatic rings. The van der Waals surface area contributed by atoms with E-state index in [2.05, 4.69) is 17.4 Å². The van der Waals surface area contributed by atoms with Gasteiger partial charge in [0.05, 0.1) is 6.10 Å². The molecule has 3 rings (SSSR count). The average molecular weight is 302 g/mol. The number of carbonyl (C=O) groups is 1. The summed E-state index contributed by atoms with van der Waals surface area (Å²) in [5.41, 5.74) is 1.20. The van der Waals surface area contributed by atoms with Crippen LogP contribution < -0.4 is 5.32 Å². The van der Waals surface area contributed by atoms with Crippen LogP contribution in [0.1, 0.15) is 50.2 Å². The Hall–Kier alpha value is -1.55. The molecule has 2 saturated heterocycles. The van der Waals surface area contributed by atoms with E-state index in [4.69, 9.17) is 4.74 Å². The van der Waals surface area contributed by atoms with E-state index in [9.17, 15) is 4.79 Å². The molecule has 2 aliphatic rings. The number of urea groups is 1. The first kappa shape index (κ1) is 15.3. The van der Waals surface area contributed by atoms with Crippen LogP contribution in [-0.2, 0) is 4.74 Å². The predicted octanol–water partition coefficient (Wildman–Crippen LogP) is 3.49. The molecule has 4 heteroatoms. The van der Waals surface area contributed by atoms with Crippen LogP contribution in [-0.4, -0.2) is 36.7 Å². The molecular weight excluding hydrogens is 276 g/mol. The molecule has 1 N–H and O–H groups in total. The van der Waals surface area contributed by atoms with Gasteiger partial charge in [-0.25, -0.2) is 4.79 Å².